The van der Waals surface area contributed by atoms with Crippen LogP contribution in [0.5, 0.6) is 0 Å². The number of nitrogens with one attached hydrogen (secondary N) is 1. The molecule has 1 aromatic rings. The van der Waals surface area contributed by atoms with Crippen LogP contribution >= 0.6 is 0 Å². The third-order valence-electron chi connectivity index (χ3n) is 5.12. The molecule has 1 amide bonds. The van der Waals surface area contributed by atoms with Crippen LogP contribution in [0.2, 0.25) is 0 Å². The second kappa shape index (κ2) is 6.60. The largest absolute Gasteiger partial charge is 0.479 e. The Balaban J connectivity index is 2.39. The summed E-state index contributed by atoms with van der Waals surface area (Å²) in [5.41, 5.74) is 2.31. The third-order valence-corrected chi connectivity index (χ3v) is 5.12. The predicted octanol–water partition coefficient (Wildman–Crippen LogP) is 4.69. The van der Waals surface area contributed by atoms with E-state index in [0.29, 0.717) is 5.56 Å². The monoisotopic (exact) mass is 361 g/mol. The lowest BCUT2D eigenvalue weighted by Crippen LogP contribution is -2.39. The first kappa shape index (κ1) is 20.3. The lowest BCUT2D eigenvalue weighted by atomic mass is 9.63. The molecular formula is C21H31NO4. The second-order valence-electron chi connectivity index (χ2n) is 9.49. The van der Waals surface area contributed by atoms with Crippen LogP contribution in [0.25, 0.3) is 0 Å². The zero-order valence-electron chi connectivity index (χ0n) is 16.9. The van der Waals surface area contributed by atoms with E-state index in [1.807, 2.05) is 12.1 Å². The lowest BCUT2D eigenvalue weighted by molar-refractivity contribution is -0.139. The van der Waals surface area contributed by atoms with E-state index in [0.717, 1.165) is 18.4 Å². The van der Waals surface area contributed by atoms with Gasteiger partial charge in [0.05, 0.1) is 0 Å². The molecule has 0 heterocycles. The number of benzene rings is 1. The molecule has 0 bridgehead atoms. The molecule has 5 nitrogen and oxygen atoms in total. The van der Waals surface area contributed by atoms with Crippen molar-refractivity contribution in [3.05, 3.63) is 34.9 Å². The van der Waals surface area contributed by atoms with Gasteiger partial charge in [0.1, 0.15) is 5.60 Å². The summed E-state index contributed by atoms with van der Waals surface area (Å²) in [6.07, 6.45) is 1.39. The summed E-state index contributed by atoms with van der Waals surface area (Å²) < 4.78 is 5.21. The van der Waals surface area contributed by atoms with Crippen LogP contribution in [-0.4, -0.2) is 22.8 Å². The number of carboxylic acids is 1. The van der Waals surface area contributed by atoms with Gasteiger partial charge in [-0.2, -0.15) is 0 Å². The van der Waals surface area contributed by atoms with E-state index in [9.17, 15) is 14.7 Å². The van der Waals surface area contributed by atoms with Crippen molar-refractivity contribution >= 4 is 12.1 Å². The van der Waals surface area contributed by atoms with E-state index in [4.69, 9.17) is 4.74 Å². The fourth-order valence-corrected chi connectivity index (χ4v) is 3.50. The Hall–Kier alpha value is -2.04. The van der Waals surface area contributed by atoms with E-state index in [1.54, 1.807) is 26.8 Å². The molecule has 1 aromatic carbocycles. The molecule has 0 fully saturated rings. The van der Waals surface area contributed by atoms with Crippen molar-refractivity contribution in [1.29, 1.82) is 0 Å². The van der Waals surface area contributed by atoms with E-state index in [-0.39, 0.29) is 10.8 Å². The molecule has 0 radical (unpaired) electrons. The number of hydrogen-bond acceptors (Lipinski definition) is 3. The highest BCUT2D eigenvalue weighted by atomic mass is 16.6. The molecule has 0 aliphatic heterocycles. The van der Waals surface area contributed by atoms with Crippen LogP contribution in [0.15, 0.2) is 18.2 Å². The molecule has 0 spiro atoms. The predicted molar refractivity (Wildman–Crippen MR) is 101 cm³/mol. The van der Waals surface area contributed by atoms with Gasteiger partial charge < -0.3 is 15.2 Å². The molecule has 5 heteroatoms. The first-order chi connectivity index (χ1) is 11.7. The minimum absolute atomic E-state index is 0.0319. The fourth-order valence-electron chi connectivity index (χ4n) is 3.50. The SMILES string of the molecule is CC(C)(C)OC(=O)NC(C(=O)O)c1ccc2c(c1)C(C)(C)CCC2(C)C. The van der Waals surface area contributed by atoms with E-state index in [2.05, 4.69) is 33.0 Å². The van der Waals surface area contributed by atoms with Crippen LogP contribution in [-0.2, 0) is 20.4 Å². The van der Waals surface area contributed by atoms with Crippen LogP contribution in [0, 0.1) is 0 Å². The Morgan fingerprint density at radius 3 is 2.12 bits per heavy atom. The number of amides is 1. The quantitative estimate of drug-likeness (QED) is 0.819. The lowest BCUT2D eigenvalue weighted by Gasteiger charge is -2.42. The van der Waals surface area contributed by atoms with E-state index >= 15 is 0 Å². The molecule has 0 aromatic heterocycles. The van der Waals surface area contributed by atoms with Gasteiger partial charge in [0, 0.05) is 0 Å². The number of ether oxygens (including phenoxy) is 1. The summed E-state index contributed by atoms with van der Waals surface area (Å²) in [4.78, 5) is 23.9. The van der Waals surface area contributed by atoms with Gasteiger partial charge in [0.2, 0.25) is 0 Å². The third kappa shape index (κ3) is 4.37. The van der Waals surface area contributed by atoms with Gasteiger partial charge in [-0.05, 0) is 61.1 Å². The molecule has 1 unspecified atom stereocenters. The maximum Gasteiger partial charge on any atom is 0.408 e. The first-order valence-electron chi connectivity index (χ1n) is 9.10. The summed E-state index contributed by atoms with van der Waals surface area (Å²) in [6.45, 7) is 14.0. The average Bonchev–Trinajstić information content (AvgIpc) is 2.47. The highest BCUT2D eigenvalue weighted by Crippen LogP contribution is 2.46. The number of aliphatic carboxylic acids is 1. The molecule has 2 N–H and O–H groups in total. The molecule has 1 aliphatic carbocycles. The Bertz CT molecular complexity index is 713. The Morgan fingerprint density at radius 1 is 1.08 bits per heavy atom. The topological polar surface area (TPSA) is 75.6 Å². The van der Waals surface area contributed by atoms with Crippen molar-refractivity contribution in [2.45, 2.75) is 83.8 Å². The molecule has 1 aliphatic rings. The maximum atomic E-state index is 12.1. The van der Waals surface area contributed by atoms with Gasteiger partial charge in [-0.15, -0.1) is 0 Å². The summed E-state index contributed by atoms with van der Waals surface area (Å²) in [5, 5.41) is 12.1. The summed E-state index contributed by atoms with van der Waals surface area (Å²) in [5.74, 6) is -1.11. The molecule has 1 atom stereocenters. The average molecular weight is 361 g/mol. The number of fused-ring (bicyclic) bond motifs is 1. The zero-order valence-corrected chi connectivity index (χ0v) is 16.9. The number of alkyl carbamates (subject to hydrolysis) is 1. The smallest absolute Gasteiger partial charge is 0.408 e. The van der Waals surface area contributed by atoms with Crippen molar-refractivity contribution in [2.24, 2.45) is 0 Å². The van der Waals surface area contributed by atoms with Crippen LogP contribution in [0.4, 0.5) is 4.79 Å². The number of hydrogen-bond donors (Lipinski definition) is 2. The molecule has 144 valence electrons. The number of carbonyl (C=O) groups is 2. The van der Waals surface area contributed by atoms with E-state index < -0.39 is 23.7 Å². The van der Waals surface area contributed by atoms with Crippen molar-refractivity contribution in [3.63, 3.8) is 0 Å². The number of carboxylic acid groups (broad SMARTS) is 1. The Kier molecular flexibility index (Phi) is 5.15. The van der Waals surface area contributed by atoms with Gasteiger partial charge in [-0.3, -0.25) is 0 Å². The zero-order chi connectivity index (χ0) is 19.9. The molecule has 0 saturated carbocycles. The van der Waals surface area contributed by atoms with Gasteiger partial charge in [0.25, 0.3) is 0 Å². The van der Waals surface area contributed by atoms with Crippen LogP contribution < -0.4 is 5.32 Å². The Morgan fingerprint density at radius 2 is 1.62 bits per heavy atom. The van der Waals surface area contributed by atoms with Crippen molar-refractivity contribution in [3.8, 4) is 0 Å². The van der Waals surface area contributed by atoms with Gasteiger partial charge in [-0.25, -0.2) is 9.59 Å². The molecular weight excluding hydrogens is 330 g/mol. The number of rotatable bonds is 3. The molecule has 0 saturated heterocycles. The normalized spacial score (nSPS) is 19.2. The Labute approximate surface area is 156 Å². The maximum absolute atomic E-state index is 12.1. The van der Waals surface area contributed by atoms with Crippen LogP contribution in [0.3, 0.4) is 0 Å². The minimum Gasteiger partial charge on any atom is -0.479 e. The number of carbonyl (C=O) groups excluding carboxylic acids is 1. The fraction of sp³-hybridized carbons (Fsp3) is 0.619. The minimum atomic E-state index is -1.14. The first-order valence-corrected chi connectivity index (χ1v) is 9.10. The van der Waals surface area contributed by atoms with Crippen molar-refractivity contribution in [1.82, 2.24) is 5.32 Å². The molecule has 26 heavy (non-hydrogen) atoms. The van der Waals surface area contributed by atoms with E-state index in [1.165, 1.54) is 5.56 Å². The summed E-state index contributed by atoms with van der Waals surface area (Å²) in [7, 11) is 0. The standard InChI is InChI=1S/C21H31NO4/c1-19(2,3)26-18(25)22-16(17(23)24)13-8-9-14-15(12-13)21(6,7)11-10-20(14,4)5/h8-9,12,16H,10-11H2,1-7H3,(H,22,25)(H,23,24). The summed E-state index contributed by atoms with van der Waals surface area (Å²) >= 11 is 0. The highest BCUT2D eigenvalue weighted by Gasteiger charge is 2.38. The van der Waals surface area contributed by atoms with Crippen molar-refractivity contribution < 1.29 is 19.4 Å². The van der Waals surface area contributed by atoms with Crippen molar-refractivity contribution in [2.75, 3.05) is 0 Å². The second-order valence-corrected chi connectivity index (χ2v) is 9.49. The highest BCUT2D eigenvalue weighted by molar-refractivity contribution is 5.81. The van der Waals surface area contributed by atoms with Gasteiger partial charge in [-0.1, -0.05) is 45.9 Å². The molecule has 2 rings (SSSR count). The summed E-state index contributed by atoms with van der Waals surface area (Å²) in [6, 6.07) is 4.61. The van der Waals surface area contributed by atoms with Gasteiger partial charge in [0.15, 0.2) is 6.04 Å². The van der Waals surface area contributed by atoms with Crippen LogP contribution in [0.1, 0.15) is 84.0 Å². The van der Waals surface area contributed by atoms with Gasteiger partial charge >= 0.3 is 12.1 Å².